The molecule has 0 spiro atoms. The highest BCUT2D eigenvalue weighted by Crippen LogP contribution is 2.36. The van der Waals surface area contributed by atoms with Crippen LogP contribution in [0.1, 0.15) is 59.4 Å². The van der Waals surface area contributed by atoms with Crippen molar-refractivity contribution in [2.75, 3.05) is 0 Å². The van der Waals surface area contributed by atoms with Gasteiger partial charge < -0.3 is 4.74 Å². The van der Waals surface area contributed by atoms with Gasteiger partial charge in [-0.1, -0.05) is 46.8 Å². The predicted octanol–water partition coefficient (Wildman–Crippen LogP) is 4.48. The topological polar surface area (TPSA) is 44.5 Å². The fraction of sp³-hybridized carbons (Fsp3) is 0.647. The van der Waals surface area contributed by atoms with Crippen LogP contribution in [0.5, 0.6) is 5.75 Å². The molecule has 0 amide bonds. The quantitative estimate of drug-likeness (QED) is 0.617. The molecule has 0 aromatic heterocycles. The Balaban J connectivity index is 2.83. The Kier molecular flexibility index (Phi) is 6.03. The van der Waals surface area contributed by atoms with E-state index >= 15 is 0 Å². The van der Waals surface area contributed by atoms with Gasteiger partial charge in [0.25, 0.3) is 0 Å². The molecule has 0 aliphatic rings. The van der Waals surface area contributed by atoms with Gasteiger partial charge in [-0.3, -0.25) is 4.84 Å². The van der Waals surface area contributed by atoms with Crippen molar-refractivity contribution in [3.63, 3.8) is 0 Å². The molecule has 3 heteroatoms. The van der Waals surface area contributed by atoms with Crippen LogP contribution in [0.25, 0.3) is 0 Å². The van der Waals surface area contributed by atoms with Crippen molar-refractivity contribution in [2.45, 2.75) is 60.2 Å². The summed E-state index contributed by atoms with van der Waals surface area (Å²) < 4.78 is 5.51. The van der Waals surface area contributed by atoms with Gasteiger partial charge in [0.1, 0.15) is 5.75 Å². The molecule has 1 aromatic carbocycles. The van der Waals surface area contributed by atoms with E-state index in [1.54, 1.807) is 6.92 Å². The first-order valence-electron chi connectivity index (χ1n) is 7.35. The minimum Gasteiger partial charge on any atom is -0.464 e. The molecule has 2 N–H and O–H groups in total. The minimum absolute atomic E-state index is 0.325. The standard InChI is InChI=1S/C17H29NO2/c1-12(2)16(11-17(4,5)6)14-7-9-15(10-8-14)19-13(3)20-18/h7-10,12-13,16H,11,18H2,1-6H3. The zero-order valence-corrected chi connectivity index (χ0v) is 13.6. The summed E-state index contributed by atoms with van der Waals surface area (Å²) in [6.07, 6.45) is 0.740. The zero-order valence-electron chi connectivity index (χ0n) is 13.6. The van der Waals surface area contributed by atoms with Crippen molar-refractivity contribution in [3.05, 3.63) is 29.8 Å². The third-order valence-corrected chi connectivity index (χ3v) is 3.44. The van der Waals surface area contributed by atoms with E-state index < -0.39 is 6.29 Å². The fourth-order valence-corrected chi connectivity index (χ4v) is 2.41. The SMILES string of the molecule is CC(ON)Oc1ccc(C(CC(C)(C)C)C(C)C)cc1. The van der Waals surface area contributed by atoms with Crippen LogP contribution in [0.4, 0.5) is 0 Å². The summed E-state index contributed by atoms with van der Waals surface area (Å²) in [6, 6.07) is 8.27. The minimum atomic E-state index is -0.434. The van der Waals surface area contributed by atoms with Gasteiger partial charge in [-0.15, -0.1) is 0 Å². The summed E-state index contributed by atoms with van der Waals surface area (Å²) in [7, 11) is 0. The lowest BCUT2D eigenvalue weighted by Crippen LogP contribution is -2.20. The number of ether oxygens (including phenoxy) is 1. The highest BCUT2D eigenvalue weighted by molar-refractivity contribution is 5.30. The van der Waals surface area contributed by atoms with Crippen LogP contribution in [-0.4, -0.2) is 6.29 Å². The number of benzene rings is 1. The maximum absolute atomic E-state index is 5.51. The lowest BCUT2D eigenvalue weighted by molar-refractivity contribution is -0.0688. The van der Waals surface area contributed by atoms with Crippen molar-refractivity contribution in [1.29, 1.82) is 0 Å². The summed E-state index contributed by atoms with van der Waals surface area (Å²) in [5.74, 6) is 7.04. The molecule has 20 heavy (non-hydrogen) atoms. The van der Waals surface area contributed by atoms with Crippen LogP contribution in [0, 0.1) is 11.3 Å². The normalized spacial score (nSPS) is 15.2. The van der Waals surface area contributed by atoms with E-state index in [9.17, 15) is 0 Å². The van der Waals surface area contributed by atoms with Gasteiger partial charge >= 0.3 is 0 Å². The summed E-state index contributed by atoms with van der Waals surface area (Å²) in [5, 5.41) is 0. The van der Waals surface area contributed by atoms with E-state index in [2.05, 4.69) is 51.6 Å². The molecule has 0 heterocycles. The van der Waals surface area contributed by atoms with Gasteiger partial charge in [0, 0.05) is 0 Å². The van der Waals surface area contributed by atoms with E-state index in [1.165, 1.54) is 12.0 Å². The highest BCUT2D eigenvalue weighted by Gasteiger charge is 2.23. The van der Waals surface area contributed by atoms with Crippen LogP contribution in [0.2, 0.25) is 0 Å². The first-order valence-corrected chi connectivity index (χ1v) is 7.35. The van der Waals surface area contributed by atoms with E-state index in [0.29, 0.717) is 17.3 Å². The lowest BCUT2D eigenvalue weighted by Gasteiger charge is -2.29. The molecule has 0 radical (unpaired) electrons. The van der Waals surface area contributed by atoms with Crippen LogP contribution < -0.4 is 10.6 Å². The Hall–Kier alpha value is -1.06. The van der Waals surface area contributed by atoms with Gasteiger partial charge in [-0.05, 0) is 48.3 Å². The Morgan fingerprint density at radius 3 is 2.00 bits per heavy atom. The maximum atomic E-state index is 5.51. The molecule has 0 saturated heterocycles. The van der Waals surface area contributed by atoms with Crippen LogP contribution in [0.15, 0.2) is 24.3 Å². The van der Waals surface area contributed by atoms with Crippen molar-refractivity contribution >= 4 is 0 Å². The number of hydrogen-bond acceptors (Lipinski definition) is 3. The molecular formula is C17H29NO2. The largest absolute Gasteiger partial charge is 0.464 e. The van der Waals surface area contributed by atoms with Gasteiger partial charge in [-0.2, -0.15) is 0 Å². The molecule has 2 unspecified atom stereocenters. The Bertz CT molecular complexity index is 392. The summed E-state index contributed by atoms with van der Waals surface area (Å²) in [4.78, 5) is 4.61. The monoisotopic (exact) mass is 279 g/mol. The molecule has 0 aliphatic carbocycles. The van der Waals surface area contributed by atoms with Gasteiger partial charge in [0.15, 0.2) is 0 Å². The molecule has 2 atom stereocenters. The molecule has 1 rings (SSSR count). The van der Waals surface area contributed by atoms with Crippen molar-refractivity contribution < 1.29 is 9.57 Å². The van der Waals surface area contributed by atoms with E-state index in [1.807, 2.05) is 12.1 Å². The Morgan fingerprint density at radius 1 is 1.05 bits per heavy atom. The maximum Gasteiger partial charge on any atom is 0.214 e. The van der Waals surface area contributed by atoms with Gasteiger partial charge in [-0.25, -0.2) is 5.90 Å². The van der Waals surface area contributed by atoms with Crippen molar-refractivity contribution in [2.24, 2.45) is 17.2 Å². The molecule has 114 valence electrons. The number of nitrogens with two attached hydrogens (primary N) is 1. The molecule has 1 aromatic rings. The Morgan fingerprint density at radius 2 is 1.60 bits per heavy atom. The first-order chi connectivity index (χ1) is 9.23. The third-order valence-electron chi connectivity index (χ3n) is 3.44. The molecule has 3 nitrogen and oxygen atoms in total. The van der Waals surface area contributed by atoms with Crippen LogP contribution >= 0.6 is 0 Å². The van der Waals surface area contributed by atoms with Crippen LogP contribution in [-0.2, 0) is 4.84 Å². The molecular weight excluding hydrogens is 250 g/mol. The zero-order chi connectivity index (χ0) is 15.3. The highest BCUT2D eigenvalue weighted by atomic mass is 16.7. The smallest absolute Gasteiger partial charge is 0.214 e. The average Bonchev–Trinajstić information content (AvgIpc) is 2.35. The van der Waals surface area contributed by atoms with E-state index in [-0.39, 0.29) is 0 Å². The first kappa shape index (κ1) is 17.0. The molecule has 0 fully saturated rings. The molecule has 0 aliphatic heterocycles. The Labute approximate surface area is 123 Å². The van der Waals surface area contributed by atoms with E-state index in [0.717, 1.165) is 5.75 Å². The van der Waals surface area contributed by atoms with Crippen molar-refractivity contribution in [3.8, 4) is 5.75 Å². The number of hydrogen-bond donors (Lipinski definition) is 1. The third kappa shape index (κ3) is 5.51. The fourth-order valence-electron chi connectivity index (χ4n) is 2.41. The average molecular weight is 279 g/mol. The molecule has 0 bridgehead atoms. The van der Waals surface area contributed by atoms with Crippen molar-refractivity contribution in [1.82, 2.24) is 0 Å². The second-order valence-electron chi connectivity index (χ2n) is 7.01. The number of rotatable bonds is 6. The lowest BCUT2D eigenvalue weighted by atomic mass is 9.76. The van der Waals surface area contributed by atoms with Gasteiger partial charge in [0.2, 0.25) is 6.29 Å². The predicted molar refractivity (Wildman–Crippen MR) is 83.5 cm³/mol. The second-order valence-corrected chi connectivity index (χ2v) is 7.01. The summed E-state index contributed by atoms with van der Waals surface area (Å²) >= 11 is 0. The molecule has 0 saturated carbocycles. The second kappa shape index (κ2) is 7.09. The van der Waals surface area contributed by atoms with Gasteiger partial charge in [0.05, 0.1) is 0 Å². The summed E-state index contributed by atoms with van der Waals surface area (Å²) in [5.41, 5.74) is 1.69. The summed E-state index contributed by atoms with van der Waals surface area (Å²) in [6.45, 7) is 13.2. The van der Waals surface area contributed by atoms with Crippen LogP contribution in [0.3, 0.4) is 0 Å². The van der Waals surface area contributed by atoms with E-state index in [4.69, 9.17) is 10.6 Å².